The van der Waals surface area contributed by atoms with Crippen LogP contribution in [0.1, 0.15) is 57.9 Å². The SMILES string of the molecule is CCCC1CCC(F)(C(C)c2ccccc2OCC)C(F)C1O. The van der Waals surface area contributed by atoms with E-state index in [1.807, 2.05) is 26.0 Å². The second-order valence-corrected chi connectivity index (χ2v) is 6.60. The highest BCUT2D eigenvalue weighted by Gasteiger charge is 2.53. The number of halogens is 2. The van der Waals surface area contributed by atoms with Crippen molar-refractivity contribution in [3.63, 3.8) is 0 Å². The molecule has 23 heavy (non-hydrogen) atoms. The van der Waals surface area contributed by atoms with Crippen LogP contribution in [-0.4, -0.2) is 29.7 Å². The molecule has 1 aromatic carbocycles. The average Bonchev–Trinajstić information content (AvgIpc) is 2.56. The number of para-hydroxylation sites is 1. The number of ether oxygens (including phenoxy) is 1. The lowest BCUT2D eigenvalue weighted by molar-refractivity contribution is -0.107. The third kappa shape index (κ3) is 3.52. The highest BCUT2D eigenvalue weighted by molar-refractivity contribution is 5.38. The lowest BCUT2D eigenvalue weighted by Gasteiger charge is -2.44. The molecule has 1 N–H and O–H groups in total. The number of alkyl halides is 2. The number of benzene rings is 1. The van der Waals surface area contributed by atoms with Crippen molar-refractivity contribution in [1.82, 2.24) is 0 Å². The van der Waals surface area contributed by atoms with Crippen LogP contribution in [0.3, 0.4) is 0 Å². The molecule has 0 aliphatic heterocycles. The fourth-order valence-electron chi connectivity index (χ4n) is 3.76. The van der Waals surface area contributed by atoms with Gasteiger partial charge in [-0.05, 0) is 38.2 Å². The summed E-state index contributed by atoms with van der Waals surface area (Å²) in [4.78, 5) is 0. The van der Waals surface area contributed by atoms with Crippen molar-refractivity contribution in [2.75, 3.05) is 6.61 Å². The molecule has 5 atom stereocenters. The highest BCUT2D eigenvalue weighted by atomic mass is 19.2. The minimum absolute atomic E-state index is 0.136. The summed E-state index contributed by atoms with van der Waals surface area (Å²) >= 11 is 0. The summed E-state index contributed by atoms with van der Waals surface area (Å²) in [5.41, 5.74) is -1.39. The van der Waals surface area contributed by atoms with E-state index in [1.165, 1.54) is 0 Å². The molecule has 0 radical (unpaired) electrons. The van der Waals surface area contributed by atoms with Crippen LogP contribution in [-0.2, 0) is 0 Å². The Morgan fingerprint density at radius 2 is 2.04 bits per heavy atom. The molecule has 2 nitrogen and oxygen atoms in total. The highest BCUT2D eigenvalue weighted by Crippen LogP contribution is 2.48. The predicted molar refractivity (Wildman–Crippen MR) is 88.4 cm³/mol. The fourth-order valence-corrected chi connectivity index (χ4v) is 3.76. The van der Waals surface area contributed by atoms with Gasteiger partial charge in [0, 0.05) is 11.5 Å². The summed E-state index contributed by atoms with van der Waals surface area (Å²) in [5, 5.41) is 10.2. The summed E-state index contributed by atoms with van der Waals surface area (Å²) in [6, 6.07) is 7.20. The number of aliphatic hydroxyl groups excluding tert-OH is 1. The first-order valence-corrected chi connectivity index (χ1v) is 8.68. The molecule has 4 heteroatoms. The van der Waals surface area contributed by atoms with E-state index in [-0.39, 0.29) is 12.3 Å². The minimum atomic E-state index is -2.06. The third-order valence-electron chi connectivity index (χ3n) is 5.20. The Bertz CT molecular complexity index is 508. The Morgan fingerprint density at radius 3 is 2.70 bits per heavy atom. The Labute approximate surface area is 137 Å². The molecular weight excluding hydrogens is 298 g/mol. The van der Waals surface area contributed by atoms with Crippen molar-refractivity contribution < 1.29 is 18.6 Å². The van der Waals surface area contributed by atoms with Gasteiger partial charge in [-0.1, -0.05) is 38.5 Å². The topological polar surface area (TPSA) is 29.5 Å². The van der Waals surface area contributed by atoms with Gasteiger partial charge in [0.15, 0.2) is 11.8 Å². The predicted octanol–water partition coefficient (Wildman–Crippen LogP) is 4.81. The molecule has 130 valence electrons. The monoisotopic (exact) mass is 326 g/mol. The molecule has 5 unspecified atom stereocenters. The molecule has 0 amide bonds. The van der Waals surface area contributed by atoms with E-state index in [1.54, 1.807) is 19.1 Å². The largest absolute Gasteiger partial charge is 0.494 e. The van der Waals surface area contributed by atoms with Crippen LogP contribution in [0, 0.1) is 5.92 Å². The van der Waals surface area contributed by atoms with Crippen LogP contribution in [0.4, 0.5) is 8.78 Å². The first-order chi connectivity index (χ1) is 11.0. The van der Waals surface area contributed by atoms with Crippen LogP contribution >= 0.6 is 0 Å². The van der Waals surface area contributed by atoms with E-state index in [9.17, 15) is 9.50 Å². The van der Waals surface area contributed by atoms with Gasteiger partial charge in [0.1, 0.15) is 5.75 Å². The molecule has 1 saturated carbocycles. The van der Waals surface area contributed by atoms with Crippen LogP contribution in [0.25, 0.3) is 0 Å². The smallest absolute Gasteiger partial charge is 0.160 e. The van der Waals surface area contributed by atoms with Gasteiger partial charge in [0.25, 0.3) is 0 Å². The summed E-state index contributed by atoms with van der Waals surface area (Å²) in [6.45, 7) is 6.03. The number of rotatable bonds is 6. The van der Waals surface area contributed by atoms with Gasteiger partial charge in [0.05, 0.1) is 12.7 Å². The normalized spacial score (nSPS) is 32.5. The van der Waals surface area contributed by atoms with Crippen LogP contribution in [0.2, 0.25) is 0 Å². The van der Waals surface area contributed by atoms with Gasteiger partial charge < -0.3 is 9.84 Å². The standard InChI is InChI=1S/C19H28F2O2/c1-4-8-14-11-12-19(21,18(20)17(14)22)13(3)15-9-6-7-10-16(15)23-5-2/h6-7,9-10,13-14,17-18,22H,4-5,8,11-12H2,1-3H3. The summed E-state index contributed by atoms with van der Waals surface area (Å²) < 4.78 is 35.9. The van der Waals surface area contributed by atoms with Gasteiger partial charge in [-0.15, -0.1) is 0 Å². The maximum atomic E-state index is 15.5. The molecule has 1 aliphatic carbocycles. The Balaban J connectivity index is 2.26. The summed E-state index contributed by atoms with van der Waals surface area (Å²) in [7, 11) is 0. The maximum Gasteiger partial charge on any atom is 0.160 e. The van der Waals surface area contributed by atoms with E-state index in [0.29, 0.717) is 24.3 Å². The Morgan fingerprint density at radius 1 is 1.35 bits per heavy atom. The molecule has 0 bridgehead atoms. The molecule has 1 aliphatic rings. The van der Waals surface area contributed by atoms with E-state index >= 15 is 4.39 Å². The van der Waals surface area contributed by atoms with E-state index in [4.69, 9.17) is 4.74 Å². The first-order valence-electron chi connectivity index (χ1n) is 8.68. The Kier molecular flexibility index (Phi) is 6.01. The molecule has 1 aromatic rings. The van der Waals surface area contributed by atoms with Crippen LogP contribution in [0.15, 0.2) is 24.3 Å². The summed E-state index contributed by atoms with van der Waals surface area (Å²) in [5.74, 6) is -0.220. The van der Waals surface area contributed by atoms with Gasteiger partial charge in [-0.2, -0.15) is 0 Å². The van der Waals surface area contributed by atoms with Crippen molar-refractivity contribution in [1.29, 1.82) is 0 Å². The van der Waals surface area contributed by atoms with Crippen LogP contribution < -0.4 is 4.74 Å². The van der Waals surface area contributed by atoms with Crippen molar-refractivity contribution in [3.05, 3.63) is 29.8 Å². The molecule has 0 spiro atoms. The van der Waals surface area contributed by atoms with Crippen molar-refractivity contribution in [2.24, 2.45) is 5.92 Å². The van der Waals surface area contributed by atoms with Crippen molar-refractivity contribution in [2.45, 2.75) is 70.3 Å². The lowest BCUT2D eigenvalue weighted by atomic mass is 9.68. The minimum Gasteiger partial charge on any atom is -0.494 e. The molecule has 0 saturated heterocycles. The second-order valence-electron chi connectivity index (χ2n) is 6.60. The van der Waals surface area contributed by atoms with Crippen molar-refractivity contribution >= 4 is 0 Å². The average molecular weight is 326 g/mol. The van der Waals surface area contributed by atoms with E-state index in [2.05, 4.69) is 0 Å². The molecule has 2 rings (SSSR count). The van der Waals surface area contributed by atoms with Gasteiger partial charge in [0.2, 0.25) is 0 Å². The molecule has 0 aromatic heterocycles. The van der Waals surface area contributed by atoms with Gasteiger partial charge >= 0.3 is 0 Å². The molecule has 1 fully saturated rings. The van der Waals surface area contributed by atoms with Gasteiger partial charge in [-0.25, -0.2) is 8.78 Å². The second kappa shape index (κ2) is 7.61. The zero-order valence-electron chi connectivity index (χ0n) is 14.3. The van der Waals surface area contributed by atoms with E-state index in [0.717, 1.165) is 12.8 Å². The molecule has 0 heterocycles. The third-order valence-corrected chi connectivity index (χ3v) is 5.20. The zero-order chi connectivity index (χ0) is 17.0. The maximum absolute atomic E-state index is 15.5. The first kappa shape index (κ1) is 18.2. The zero-order valence-corrected chi connectivity index (χ0v) is 14.3. The lowest BCUT2D eigenvalue weighted by Crippen LogP contribution is -2.53. The number of hydrogen-bond donors (Lipinski definition) is 1. The van der Waals surface area contributed by atoms with Gasteiger partial charge in [-0.3, -0.25) is 0 Å². The summed E-state index contributed by atoms with van der Waals surface area (Å²) in [6.07, 6.45) is -0.823. The van der Waals surface area contributed by atoms with Crippen LogP contribution in [0.5, 0.6) is 5.75 Å². The fraction of sp³-hybridized carbons (Fsp3) is 0.684. The quantitative estimate of drug-likeness (QED) is 0.813. The van der Waals surface area contributed by atoms with E-state index < -0.39 is 23.9 Å². The Hall–Kier alpha value is -1.16. The number of aliphatic hydroxyl groups is 1. The number of hydrogen-bond acceptors (Lipinski definition) is 2. The molecular formula is C19H28F2O2. The van der Waals surface area contributed by atoms with Crippen molar-refractivity contribution in [3.8, 4) is 5.75 Å².